The minimum absolute atomic E-state index is 0.0842. The van der Waals surface area contributed by atoms with Gasteiger partial charge in [0.05, 0.1) is 4.91 Å². The number of thiocarbonyl (C=S) groups is 1. The van der Waals surface area contributed by atoms with Gasteiger partial charge in [-0.25, -0.2) is 0 Å². The highest BCUT2D eigenvalue weighted by Gasteiger charge is 2.31. The number of carbonyl (C=O) groups is 2. The van der Waals surface area contributed by atoms with Crippen molar-refractivity contribution in [3.63, 3.8) is 0 Å². The predicted molar refractivity (Wildman–Crippen MR) is 94.4 cm³/mol. The third-order valence-electron chi connectivity index (χ3n) is 3.85. The summed E-state index contributed by atoms with van der Waals surface area (Å²) in [7, 11) is 0. The van der Waals surface area contributed by atoms with Crippen LogP contribution in [0.4, 0.5) is 0 Å². The van der Waals surface area contributed by atoms with Crippen LogP contribution in [0.15, 0.2) is 23.1 Å². The lowest BCUT2D eigenvalue weighted by Gasteiger charge is -2.14. The first kappa shape index (κ1) is 17.0. The Morgan fingerprint density at radius 3 is 3.08 bits per heavy atom. The summed E-state index contributed by atoms with van der Waals surface area (Å²) in [6.45, 7) is 2.32. The first-order valence-corrected chi connectivity index (χ1v) is 8.91. The van der Waals surface area contributed by atoms with E-state index in [1.165, 1.54) is 16.7 Å². The van der Waals surface area contributed by atoms with Crippen molar-refractivity contribution >= 4 is 46.3 Å². The van der Waals surface area contributed by atoms with Crippen LogP contribution in [0, 0.1) is 0 Å². The summed E-state index contributed by atoms with van der Waals surface area (Å²) in [5.74, 6) is -0.395. The number of benzene rings is 1. The maximum Gasteiger partial charge on any atom is 0.266 e. The molecule has 1 aromatic rings. The number of fused-ring (bicyclic) bond motifs is 1. The van der Waals surface area contributed by atoms with Crippen LogP contribution in [-0.2, 0) is 16.0 Å². The molecule has 0 aliphatic carbocycles. The normalized spacial score (nSPS) is 21.3. The van der Waals surface area contributed by atoms with E-state index in [-0.39, 0.29) is 18.4 Å². The Balaban J connectivity index is 1.72. The van der Waals surface area contributed by atoms with Gasteiger partial charge in [0.15, 0.2) is 0 Å². The molecule has 126 valence electrons. The molecule has 0 radical (unpaired) electrons. The molecule has 2 aliphatic rings. The van der Waals surface area contributed by atoms with Gasteiger partial charge in [-0.15, -0.1) is 0 Å². The largest absolute Gasteiger partial charge is 0.550 e. The quantitative estimate of drug-likeness (QED) is 0.587. The number of amides is 1. The lowest BCUT2D eigenvalue weighted by atomic mass is 10.1. The number of thioether (sulfide) groups is 1. The van der Waals surface area contributed by atoms with Crippen molar-refractivity contribution in [3.05, 3.63) is 34.2 Å². The Labute approximate surface area is 149 Å². The van der Waals surface area contributed by atoms with Gasteiger partial charge in [0.25, 0.3) is 5.91 Å². The van der Waals surface area contributed by atoms with Crippen molar-refractivity contribution < 1.29 is 19.4 Å². The molecule has 0 unspecified atom stereocenters. The Kier molecular flexibility index (Phi) is 4.91. The number of hydrogen-bond acceptors (Lipinski definition) is 6. The van der Waals surface area contributed by atoms with Gasteiger partial charge in [-0.1, -0.05) is 30.0 Å². The van der Waals surface area contributed by atoms with Crippen LogP contribution < -0.4 is 9.84 Å². The lowest BCUT2D eigenvalue weighted by molar-refractivity contribution is -0.305. The molecule has 1 atom stereocenters. The van der Waals surface area contributed by atoms with Gasteiger partial charge in [-0.3, -0.25) is 9.69 Å². The number of ether oxygens (including phenoxy) is 1. The molecule has 0 N–H and O–H groups in total. The van der Waals surface area contributed by atoms with Gasteiger partial charge < -0.3 is 14.6 Å². The Morgan fingerprint density at radius 1 is 1.54 bits per heavy atom. The number of rotatable bonds is 5. The fraction of sp³-hybridized carbons (Fsp3) is 0.353. The van der Waals surface area contributed by atoms with Crippen molar-refractivity contribution in [2.24, 2.45) is 0 Å². The zero-order valence-corrected chi connectivity index (χ0v) is 14.7. The van der Waals surface area contributed by atoms with Gasteiger partial charge in [-0.05, 0) is 49.1 Å². The molecule has 5 nitrogen and oxygen atoms in total. The molecular formula is C17H16NO4S2-. The number of aliphatic carboxylic acids is 1. The molecule has 0 saturated carbocycles. The van der Waals surface area contributed by atoms with Crippen molar-refractivity contribution in [2.45, 2.75) is 32.3 Å². The van der Waals surface area contributed by atoms with Crippen LogP contribution in [0.25, 0.3) is 6.08 Å². The molecule has 2 aliphatic heterocycles. The van der Waals surface area contributed by atoms with Gasteiger partial charge in [0, 0.05) is 18.9 Å². The van der Waals surface area contributed by atoms with E-state index in [9.17, 15) is 14.7 Å². The summed E-state index contributed by atoms with van der Waals surface area (Å²) in [4.78, 5) is 24.9. The molecule has 3 rings (SSSR count). The maximum atomic E-state index is 12.4. The molecule has 1 aromatic carbocycles. The number of carboxylic acid groups (broad SMARTS) is 1. The summed E-state index contributed by atoms with van der Waals surface area (Å²) in [5.41, 5.74) is 2.07. The molecule has 0 bridgehead atoms. The van der Waals surface area contributed by atoms with E-state index >= 15 is 0 Å². The minimum Gasteiger partial charge on any atom is -0.550 e. The summed E-state index contributed by atoms with van der Waals surface area (Å²) in [6, 6.07) is 5.87. The van der Waals surface area contributed by atoms with E-state index in [2.05, 4.69) is 0 Å². The summed E-state index contributed by atoms with van der Waals surface area (Å²) in [5, 5.41) is 10.5. The van der Waals surface area contributed by atoms with Crippen LogP contribution in [0.2, 0.25) is 0 Å². The first-order valence-electron chi connectivity index (χ1n) is 7.69. The highest BCUT2D eigenvalue weighted by molar-refractivity contribution is 8.26. The first-order chi connectivity index (χ1) is 11.4. The van der Waals surface area contributed by atoms with Gasteiger partial charge >= 0.3 is 0 Å². The summed E-state index contributed by atoms with van der Waals surface area (Å²) in [6.07, 6.45) is 3.11. The Hall–Kier alpha value is -1.86. The van der Waals surface area contributed by atoms with E-state index in [1.54, 1.807) is 0 Å². The third-order valence-corrected chi connectivity index (χ3v) is 5.23. The van der Waals surface area contributed by atoms with E-state index in [0.29, 0.717) is 22.2 Å². The van der Waals surface area contributed by atoms with E-state index in [1.807, 2.05) is 31.2 Å². The number of hydrogen-bond donors (Lipinski definition) is 0. The molecule has 24 heavy (non-hydrogen) atoms. The van der Waals surface area contributed by atoms with Gasteiger partial charge in [0.2, 0.25) is 0 Å². The van der Waals surface area contributed by atoms with E-state index in [4.69, 9.17) is 17.0 Å². The highest BCUT2D eigenvalue weighted by atomic mass is 32.2. The van der Waals surface area contributed by atoms with Crippen molar-refractivity contribution in [3.8, 4) is 5.75 Å². The molecule has 2 heterocycles. The van der Waals surface area contributed by atoms with Gasteiger partial charge in [0.1, 0.15) is 16.2 Å². The highest BCUT2D eigenvalue weighted by Crippen LogP contribution is 2.34. The summed E-state index contributed by atoms with van der Waals surface area (Å²) >= 11 is 6.47. The molecular weight excluding hydrogens is 346 g/mol. The second-order valence-electron chi connectivity index (χ2n) is 5.81. The Morgan fingerprint density at radius 2 is 2.33 bits per heavy atom. The smallest absolute Gasteiger partial charge is 0.266 e. The molecule has 1 saturated heterocycles. The number of carbonyl (C=O) groups excluding carboxylic acids is 2. The SMILES string of the molecule is C[C@@H]1Cc2cc(/C=C3\SC(=S)N(CCCC(=O)[O-])C3=O)ccc2O1. The number of carboxylic acids is 1. The molecule has 0 aromatic heterocycles. The van der Waals surface area contributed by atoms with Gasteiger partial charge in [-0.2, -0.15) is 0 Å². The van der Waals surface area contributed by atoms with Crippen molar-refractivity contribution in [2.75, 3.05) is 6.54 Å². The van der Waals surface area contributed by atoms with Crippen LogP contribution in [0.1, 0.15) is 30.9 Å². The maximum absolute atomic E-state index is 12.4. The van der Waals surface area contributed by atoms with Crippen LogP contribution in [0.5, 0.6) is 5.75 Å². The second-order valence-corrected chi connectivity index (χ2v) is 7.48. The van der Waals surface area contributed by atoms with Crippen molar-refractivity contribution in [1.82, 2.24) is 4.90 Å². The molecule has 0 spiro atoms. The molecule has 7 heteroatoms. The number of nitrogens with zero attached hydrogens (tertiary/aromatic N) is 1. The monoisotopic (exact) mass is 362 g/mol. The van der Waals surface area contributed by atoms with Crippen molar-refractivity contribution in [1.29, 1.82) is 0 Å². The third kappa shape index (κ3) is 3.62. The Bertz CT molecular complexity index is 744. The van der Waals surface area contributed by atoms with Crippen LogP contribution in [-0.4, -0.2) is 33.7 Å². The van der Waals surface area contributed by atoms with Crippen LogP contribution in [0.3, 0.4) is 0 Å². The van der Waals surface area contributed by atoms with E-state index < -0.39 is 5.97 Å². The minimum atomic E-state index is -1.12. The fourth-order valence-corrected chi connectivity index (χ4v) is 4.07. The zero-order valence-electron chi connectivity index (χ0n) is 13.1. The molecule has 1 amide bonds. The summed E-state index contributed by atoms with van der Waals surface area (Å²) < 4.78 is 6.14. The molecule has 1 fully saturated rings. The zero-order chi connectivity index (χ0) is 17.3. The lowest BCUT2D eigenvalue weighted by Crippen LogP contribution is -2.30. The average molecular weight is 362 g/mol. The fourth-order valence-electron chi connectivity index (χ4n) is 2.76. The van der Waals surface area contributed by atoms with E-state index in [0.717, 1.165) is 23.3 Å². The second kappa shape index (κ2) is 6.94. The van der Waals surface area contributed by atoms with Crippen LogP contribution >= 0.6 is 24.0 Å². The topological polar surface area (TPSA) is 69.7 Å². The average Bonchev–Trinajstić information content (AvgIpc) is 3.00. The standard InChI is InChI=1S/C17H17NO4S2/c1-10-7-12-8-11(4-5-13(12)22-10)9-14-16(21)18(17(23)24-14)6-2-3-15(19)20/h4-5,8-10H,2-3,6-7H2,1H3,(H,19,20)/p-1/b14-9-/t10-/m1/s1. The predicted octanol–water partition coefficient (Wildman–Crippen LogP) is 1.74.